The summed E-state index contributed by atoms with van der Waals surface area (Å²) in [6.45, 7) is 5.73. The molecule has 26 heavy (non-hydrogen) atoms. The van der Waals surface area contributed by atoms with Crippen LogP contribution in [0.5, 0.6) is 0 Å². The van der Waals surface area contributed by atoms with Crippen molar-refractivity contribution in [2.75, 3.05) is 42.5 Å². The topological polar surface area (TPSA) is 69.9 Å². The van der Waals surface area contributed by atoms with Gasteiger partial charge in [-0.05, 0) is 25.1 Å². The van der Waals surface area contributed by atoms with E-state index in [0.717, 1.165) is 18.8 Å². The summed E-state index contributed by atoms with van der Waals surface area (Å²) >= 11 is 6.05. The Labute approximate surface area is 157 Å². The summed E-state index contributed by atoms with van der Waals surface area (Å²) in [5.74, 6) is 0.602. The van der Waals surface area contributed by atoms with Crippen LogP contribution in [-0.2, 0) is 9.59 Å². The molecule has 7 nitrogen and oxygen atoms in total. The second-order valence-electron chi connectivity index (χ2n) is 6.25. The van der Waals surface area contributed by atoms with Crippen LogP contribution in [0, 0.1) is 6.92 Å². The molecule has 1 aromatic heterocycles. The van der Waals surface area contributed by atoms with Gasteiger partial charge in [-0.2, -0.15) is 0 Å². The Morgan fingerprint density at radius 2 is 1.96 bits per heavy atom. The summed E-state index contributed by atoms with van der Waals surface area (Å²) in [6.07, 6.45) is 0. The number of halogens is 1. The number of benzene rings is 1. The van der Waals surface area contributed by atoms with Crippen LogP contribution in [0.3, 0.4) is 0 Å². The Kier molecular flexibility index (Phi) is 5.46. The third-order valence-electron chi connectivity index (χ3n) is 4.37. The summed E-state index contributed by atoms with van der Waals surface area (Å²) in [5, 5.41) is 4.53. The van der Waals surface area contributed by atoms with E-state index in [4.69, 9.17) is 16.1 Å². The highest BCUT2D eigenvalue weighted by atomic mass is 35.5. The first-order valence-corrected chi connectivity index (χ1v) is 8.81. The molecule has 2 amide bonds. The predicted molar refractivity (Wildman–Crippen MR) is 99.5 cm³/mol. The molecule has 0 atom stereocenters. The molecule has 1 saturated heterocycles. The summed E-state index contributed by atoms with van der Waals surface area (Å²) in [4.78, 5) is 29.8. The number of aromatic nitrogens is 1. The molecular weight excluding hydrogens is 356 g/mol. The van der Waals surface area contributed by atoms with Gasteiger partial charge >= 0.3 is 0 Å². The van der Waals surface area contributed by atoms with Crippen molar-refractivity contribution < 1.29 is 14.1 Å². The van der Waals surface area contributed by atoms with Crippen molar-refractivity contribution in [3.05, 3.63) is 41.1 Å². The van der Waals surface area contributed by atoms with E-state index in [9.17, 15) is 9.59 Å². The third-order valence-corrected chi connectivity index (χ3v) is 4.61. The van der Waals surface area contributed by atoms with Crippen molar-refractivity contribution in [3.63, 3.8) is 0 Å². The fraction of sp³-hybridized carbons (Fsp3) is 0.389. The number of carbonyl (C=O) groups is 2. The van der Waals surface area contributed by atoms with E-state index in [2.05, 4.69) is 10.1 Å². The van der Waals surface area contributed by atoms with E-state index in [-0.39, 0.29) is 18.4 Å². The van der Waals surface area contributed by atoms with Crippen molar-refractivity contribution in [1.29, 1.82) is 0 Å². The largest absolute Gasteiger partial charge is 0.368 e. The standard InChI is InChI=1S/C18H21ClN4O3/c1-13-10-17(20-26-13)23(14(2)24)12-18(25)22-8-6-21(7-9-22)16-5-3-4-15(19)11-16/h3-5,10-11H,6-9,12H2,1-2H3. The van der Waals surface area contributed by atoms with E-state index >= 15 is 0 Å². The third kappa shape index (κ3) is 4.16. The molecule has 0 radical (unpaired) electrons. The molecule has 1 aliphatic heterocycles. The lowest BCUT2D eigenvalue weighted by atomic mass is 10.2. The minimum atomic E-state index is -0.246. The first kappa shape index (κ1) is 18.3. The summed E-state index contributed by atoms with van der Waals surface area (Å²) in [6, 6.07) is 9.33. The van der Waals surface area contributed by atoms with Gasteiger partial charge < -0.3 is 14.3 Å². The molecule has 0 aliphatic carbocycles. The van der Waals surface area contributed by atoms with Gasteiger partial charge in [0.15, 0.2) is 5.82 Å². The van der Waals surface area contributed by atoms with Gasteiger partial charge in [0.25, 0.3) is 0 Å². The zero-order valence-corrected chi connectivity index (χ0v) is 15.6. The molecule has 138 valence electrons. The number of piperazine rings is 1. The van der Waals surface area contributed by atoms with Gasteiger partial charge in [-0.3, -0.25) is 14.5 Å². The number of rotatable bonds is 4. The van der Waals surface area contributed by atoms with Crippen molar-refractivity contribution in [2.24, 2.45) is 0 Å². The molecule has 3 rings (SSSR count). The molecule has 1 aliphatic rings. The van der Waals surface area contributed by atoms with E-state index in [1.54, 1.807) is 17.9 Å². The highest BCUT2D eigenvalue weighted by Crippen LogP contribution is 2.21. The molecule has 0 unspecified atom stereocenters. The van der Waals surface area contributed by atoms with E-state index in [1.165, 1.54) is 11.8 Å². The predicted octanol–water partition coefficient (Wildman–Crippen LogP) is 2.34. The molecule has 0 spiro atoms. The first-order valence-electron chi connectivity index (χ1n) is 8.44. The second-order valence-corrected chi connectivity index (χ2v) is 6.69. The number of hydrogen-bond acceptors (Lipinski definition) is 5. The Morgan fingerprint density at radius 1 is 1.23 bits per heavy atom. The lowest BCUT2D eigenvalue weighted by molar-refractivity contribution is -0.131. The lowest BCUT2D eigenvalue weighted by Gasteiger charge is -2.36. The normalized spacial score (nSPS) is 14.4. The van der Waals surface area contributed by atoms with E-state index in [0.29, 0.717) is 29.7 Å². The van der Waals surface area contributed by atoms with Crippen molar-refractivity contribution in [1.82, 2.24) is 10.1 Å². The number of carbonyl (C=O) groups excluding carboxylic acids is 2. The van der Waals surface area contributed by atoms with E-state index < -0.39 is 0 Å². The first-order chi connectivity index (χ1) is 12.4. The number of nitrogens with zero attached hydrogens (tertiary/aromatic N) is 4. The Morgan fingerprint density at radius 3 is 2.54 bits per heavy atom. The highest BCUT2D eigenvalue weighted by molar-refractivity contribution is 6.30. The van der Waals surface area contributed by atoms with Crippen molar-refractivity contribution >= 4 is 34.9 Å². The van der Waals surface area contributed by atoms with Crippen molar-refractivity contribution in [2.45, 2.75) is 13.8 Å². The maximum absolute atomic E-state index is 12.6. The van der Waals surface area contributed by atoms with E-state index in [1.807, 2.05) is 24.3 Å². The molecule has 0 N–H and O–H groups in total. The van der Waals surface area contributed by atoms with Crippen LogP contribution in [0.4, 0.5) is 11.5 Å². The number of amides is 2. The van der Waals surface area contributed by atoms with Crippen LogP contribution in [-0.4, -0.2) is 54.6 Å². The smallest absolute Gasteiger partial charge is 0.242 e. The van der Waals surface area contributed by atoms with Crippen molar-refractivity contribution in [3.8, 4) is 0 Å². The molecular formula is C18H21ClN4O3. The molecule has 0 saturated carbocycles. The van der Waals surface area contributed by atoms with Crippen LogP contribution >= 0.6 is 11.6 Å². The molecule has 0 bridgehead atoms. The van der Waals surface area contributed by atoms with Crippen LogP contribution in [0.1, 0.15) is 12.7 Å². The van der Waals surface area contributed by atoms with Gasteiger partial charge in [0.2, 0.25) is 11.8 Å². The maximum Gasteiger partial charge on any atom is 0.242 e. The minimum Gasteiger partial charge on any atom is -0.368 e. The number of anilines is 2. The average Bonchev–Trinajstić information content (AvgIpc) is 3.05. The van der Waals surface area contributed by atoms with Gasteiger partial charge in [-0.15, -0.1) is 0 Å². The Balaban J connectivity index is 1.60. The second kappa shape index (κ2) is 7.78. The summed E-state index contributed by atoms with van der Waals surface area (Å²) in [7, 11) is 0. The molecule has 1 aromatic carbocycles. The maximum atomic E-state index is 12.6. The molecule has 2 aromatic rings. The lowest BCUT2D eigenvalue weighted by Crippen LogP contribution is -2.51. The molecule has 2 heterocycles. The van der Waals surface area contributed by atoms with Crippen LogP contribution < -0.4 is 9.80 Å². The fourth-order valence-corrected chi connectivity index (χ4v) is 3.14. The Hall–Kier alpha value is -2.54. The van der Waals surface area contributed by atoms with Gasteiger partial charge in [0.05, 0.1) is 0 Å². The van der Waals surface area contributed by atoms with Crippen LogP contribution in [0.15, 0.2) is 34.9 Å². The van der Waals surface area contributed by atoms with Gasteiger partial charge in [-0.25, -0.2) is 0 Å². The van der Waals surface area contributed by atoms with Gasteiger partial charge in [0.1, 0.15) is 12.3 Å². The fourth-order valence-electron chi connectivity index (χ4n) is 2.96. The van der Waals surface area contributed by atoms with Crippen LogP contribution in [0.25, 0.3) is 0 Å². The number of hydrogen-bond donors (Lipinski definition) is 0. The average molecular weight is 377 g/mol. The Bertz CT molecular complexity index is 799. The quantitative estimate of drug-likeness (QED) is 0.819. The summed E-state index contributed by atoms with van der Waals surface area (Å²) < 4.78 is 5.01. The molecule has 8 heteroatoms. The van der Waals surface area contributed by atoms with Crippen LogP contribution in [0.2, 0.25) is 5.02 Å². The minimum absolute atomic E-state index is 0.0432. The zero-order valence-electron chi connectivity index (χ0n) is 14.8. The molecule has 1 fully saturated rings. The number of aryl methyl sites for hydroxylation is 1. The SMILES string of the molecule is CC(=O)N(CC(=O)N1CCN(c2cccc(Cl)c2)CC1)c1cc(C)on1. The van der Waals surface area contributed by atoms with Gasteiger partial charge in [-0.1, -0.05) is 22.8 Å². The highest BCUT2D eigenvalue weighted by Gasteiger charge is 2.25. The summed E-state index contributed by atoms with van der Waals surface area (Å²) in [5.41, 5.74) is 1.05. The van der Waals surface area contributed by atoms with Gasteiger partial charge in [0, 0.05) is 49.9 Å². The monoisotopic (exact) mass is 376 g/mol. The zero-order chi connectivity index (χ0) is 18.7.